The van der Waals surface area contributed by atoms with Crippen LogP contribution in [0.1, 0.15) is 29.7 Å². The van der Waals surface area contributed by atoms with E-state index in [-0.39, 0.29) is 0 Å². The summed E-state index contributed by atoms with van der Waals surface area (Å²) in [5, 5.41) is 6.80. The number of amides is 1. The molecule has 1 N–H and O–H groups in total. The van der Waals surface area contributed by atoms with Gasteiger partial charge in [0.2, 0.25) is 0 Å². The van der Waals surface area contributed by atoms with Crippen LogP contribution in [0.2, 0.25) is 0 Å². The molecule has 3 aromatic carbocycles. The van der Waals surface area contributed by atoms with E-state index in [2.05, 4.69) is 15.4 Å². The summed E-state index contributed by atoms with van der Waals surface area (Å²) in [7, 11) is 0. The van der Waals surface area contributed by atoms with E-state index in [1.807, 2.05) is 0 Å². The number of hydrogen-bond donors (Lipinski definition) is 1. The largest absolute Gasteiger partial charge is 0.441 e. The second-order valence-corrected chi connectivity index (χ2v) is 7.93. The Morgan fingerprint density at radius 1 is 0.838 bits per heavy atom. The monoisotopic (exact) mass is 520 g/mol. The highest BCUT2D eigenvalue weighted by Crippen LogP contribution is 2.31. The fourth-order valence-corrected chi connectivity index (χ4v) is 3.34. The zero-order chi connectivity index (χ0) is 26.8. The molecule has 4 aromatic rings. The maximum atomic E-state index is 12.7. The zero-order valence-electron chi connectivity index (χ0n) is 19.0. The van der Waals surface area contributed by atoms with E-state index in [4.69, 9.17) is 4.74 Å². The fraction of sp³-hybridized carbons (Fsp3) is 0.160. The van der Waals surface area contributed by atoms with Crippen molar-refractivity contribution < 1.29 is 35.9 Å². The highest BCUT2D eigenvalue weighted by molar-refractivity contribution is 5.85. The van der Waals surface area contributed by atoms with Crippen molar-refractivity contribution in [3.63, 3.8) is 0 Å². The van der Waals surface area contributed by atoms with E-state index < -0.39 is 35.7 Å². The first kappa shape index (κ1) is 25.7. The van der Waals surface area contributed by atoms with Gasteiger partial charge in [-0.1, -0.05) is 12.1 Å². The number of halogens is 6. The normalized spacial score (nSPS) is 12.7. The summed E-state index contributed by atoms with van der Waals surface area (Å²) in [5.41, 5.74) is 0.194. The average Bonchev–Trinajstić information content (AvgIpc) is 3.34. The topological polar surface area (TPSA) is 69.0 Å². The molecule has 1 heterocycles. The molecule has 0 aliphatic heterocycles. The van der Waals surface area contributed by atoms with Crippen LogP contribution in [0.3, 0.4) is 0 Å². The van der Waals surface area contributed by atoms with Gasteiger partial charge in [0.25, 0.3) is 0 Å². The lowest BCUT2D eigenvalue weighted by Gasteiger charge is -2.15. The third-order valence-electron chi connectivity index (χ3n) is 5.33. The van der Waals surface area contributed by atoms with Gasteiger partial charge in [-0.15, -0.1) is 5.10 Å². The number of anilines is 1. The second-order valence-electron chi connectivity index (χ2n) is 7.93. The first-order valence-corrected chi connectivity index (χ1v) is 10.7. The number of carbonyl (C=O) groups excluding carboxylic acids is 1. The molecule has 1 amide bonds. The number of nitrogens with one attached hydrogen (secondary N) is 1. The van der Waals surface area contributed by atoms with Crippen LogP contribution in [0.5, 0.6) is 0 Å². The molecule has 0 saturated heterocycles. The molecule has 1 unspecified atom stereocenters. The van der Waals surface area contributed by atoms with E-state index in [1.54, 1.807) is 24.3 Å². The Hall–Kier alpha value is -4.35. The Morgan fingerprint density at radius 3 is 1.92 bits per heavy atom. The first-order valence-electron chi connectivity index (χ1n) is 10.7. The molecule has 1 atom stereocenters. The molecule has 6 nitrogen and oxygen atoms in total. The number of rotatable bonds is 5. The molecule has 0 spiro atoms. The van der Waals surface area contributed by atoms with Gasteiger partial charge in [0.05, 0.1) is 16.8 Å². The summed E-state index contributed by atoms with van der Waals surface area (Å²) in [6.07, 6.45) is -9.12. The summed E-state index contributed by atoms with van der Waals surface area (Å²) < 4.78 is 82.9. The van der Waals surface area contributed by atoms with E-state index in [0.717, 1.165) is 24.3 Å². The maximum Gasteiger partial charge on any atom is 0.416 e. The number of nitrogens with zero attached hydrogens (tertiary/aromatic N) is 3. The van der Waals surface area contributed by atoms with Gasteiger partial charge in [0.15, 0.2) is 5.82 Å². The first-order chi connectivity index (χ1) is 17.4. The van der Waals surface area contributed by atoms with E-state index in [1.165, 1.54) is 42.2 Å². The fourth-order valence-electron chi connectivity index (χ4n) is 3.34. The minimum atomic E-state index is -4.46. The minimum Gasteiger partial charge on any atom is -0.441 e. The van der Waals surface area contributed by atoms with Crippen molar-refractivity contribution in [1.82, 2.24) is 14.8 Å². The van der Waals surface area contributed by atoms with Crippen LogP contribution in [0.15, 0.2) is 79.1 Å². The van der Waals surface area contributed by atoms with Crippen LogP contribution < -0.4 is 5.32 Å². The molecular weight excluding hydrogens is 502 g/mol. The minimum absolute atomic E-state index is 0.310. The third kappa shape index (κ3) is 6.26. The lowest BCUT2D eigenvalue weighted by molar-refractivity contribution is -0.138. The molecule has 192 valence electrons. The van der Waals surface area contributed by atoms with Crippen LogP contribution in [0, 0.1) is 0 Å². The quantitative estimate of drug-likeness (QED) is 0.281. The van der Waals surface area contributed by atoms with Crippen LogP contribution in [0.25, 0.3) is 17.1 Å². The van der Waals surface area contributed by atoms with Gasteiger partial charge in [0.1, 0.15) is 12.4 Å². The Balaban J connectivity index is 1.36. The average molecular weight is 520 g/mol. The van der Waals surface area contributed by atoms with Gasteiger partial charge in [0, 0.05) is 11.3 Å². The summed E-state index contributed by atoms with van der Waals surface area (Å²) in [4.78, 5) is 16.4. The number of aromatic nitrogens is 3. The van der Waals surface area contributed by atoms with Gasteiger partial charge in [-0.3, -0.25) is 5.32 Å². The van der Waals surface area contributed by atoms with Crippen molar-refractivity contribution in [2.75, 3.05) is 5.32 Å². The zero-order valence-corrected chi connectivity index (χ0v) is 19.0. The highest BCUT2D eigenvalue weighted by Gasteiger charge is 2.31. The number of alkyl halides is 6. The van der Waals surface area contributed by atoms with Crippen molar-refractivity contribution in [2.24, 2.45) is 0 Å². The van der Waals surface area contributed by atoms with Gasteiger partial charge in [-0.05, 0) is 73.2 Å². The van der Waals surface area contributed by atoms with Gasteiger partial charge in [-0.25, -0.2) is 14.5 Å². The van der Waals surface area contributed by atoms with Gasteiger partial charge in [-0.2, -0.15) is 26.3 Å². The van der Waals surface area contributed by atoms with Crippen LogP contribution in [-0.4, -0.2) is 20.9 Å². The molecule has 0 radical (unpaired) electrons. The molecule has 4 rings (SSSR count). The molecule has 0 fully saturated rings. The Morgan fingerprint density at radius 2 is 1.38 bits per heavy atom. The van der Waals surface area contributed by atoms with Crippen molar-refractivity contribution in [3.05, 3.63) is 95.8 Å². The SMILES string of the molecule is CC(OC(=O)Nc1ccc(-c2ncn(-c3ccc(C(F)(F)F)cc3)n2)cc1)c1ccc(C(F)(F)F)cc1. The molecule has 12 heteroatoms. The van der Waals surface area contributed by atoms with Gasteiger partial charge >= 0.3 is 18.4 Å². The molecule has 0 saturated carbocycles. The summed E-state index contributed by atoms with van der Waals surface area (Å²) >= 11 is 0. The van der Waals surface area contributed by atoms with Crippen LogP contribution >= 0.6 is 0 Å². The van der Waals surface area contributed by atoms with Crippen molar-refractivity contribution in [2.45, 2.75) is 25.4 Å². The molecule has 37 heavy (non-hydrogen) atoms. The Kier molecular flexibility index (Phi) is 6.92. The third-order valence-corrected chi connectivity index (χ3v) is 5.33. The molecule has 0 aliphatic rings. The summed E-state index contributed by atoms with van der Waals surface area (Å²) in [5.74, 6) is 0.310. The van der Waals surface area contributed by atoms with E-state index in [0.29, 0.717) is 28.3 Å². The van der Waals surface area contributed by atoms with Crippen molar-refractivity contribution in [3.8, 4) is 17.1 Å². The van der Waals surface area contributed by atoms with Gasteiger partial charge < -0.3 is 4.74 Å². The maximum absolute atomic E-state index is 12.7. The Bertz CT molecular complexity index is 1360. The lowest BCUT2D eigenvalue weighted by atomic mass is 10.1. The number of carbonyl (C=O) groups is 1. The number of ether oxygens (including phenoxy) is 1. The van der Waals surface area contributed by atoms with Crippen molar-refractivity contribution in [1.29, 1.82) is 0 Å². The predicted octanol–water partition coefficient (Wildman–Crippen LogP) is 7.28. The lowest BCUT2D eigenvalue weighted by Crippen LogP contribution is -2.16. The molecular formula is C25H18F6N4O2. The van der Waals surface area contributed by atoms with Crippen molar-refractivity contribution >= 4 is 11.8 Å². The molecule has 1 aromatic heterocycles. The number of hydrogen-bond acceptors (Lipinski definition) is 4. The molecule has 0 bridgehead atoms. The highest BCUT2D eigenvalue weighted by atomic mass is 19.4. The van der Waals surface area contributed by atoms with Crippen LogP contribution in [-0.2, 0) is 17.1 Å². The second kappa shape index (κ2) is 9.96. The van der Waals surface area contributed by atoms with E-state index >= 15 is 0 Å². The van der Waals surface area contributed by atoms with E-state index in [9.17, 15) is 31.1 Å². The standard InChI is InChI=1S/C25H18F6N4O2/c1-15(16-2-6-18(7-3-16)24(26,27)28)37-23(36)33-20-10-4-17(5-11-20)22-32-14-35(34-22)21-12-8-19(9-13-21)25(29,30)31/h2-15H,1H3,(H,33,36). The van der Waals surface area contributed by atoms with Crippen LogP contribution in [0.4, 0.5) is 36.8 Å². The smallest absolute Gasteiger partial charge is 0.416 e. The molecule has 0 aliphatic carbocycles. The summed E-state index contributed by atoms with van der Waals surface area (Å²) in [6.45, 7) is 1.53. The predicted molar refractivity (Wildman–Crippen MR) is 122 cm³/mol. The number of benzene rings is 3. The Labute approximate surface area is 206 Å². The summed E-state index contributed by atoms with van der Waals surface area (Å²) in [6, 6.07) is 15.2.